The average molecular weight is 232 g/mol. The van der Waals surface area contributed by atoms with Gasteiger partial charge >= 0.3 is 0 Å². The average Bonchev–Trinajstić information content (AvgIpc) is 2.76. The standard InChI is InChI=1S/C12H14N3S/c1-9-8-16-5-4-15(9)11-3-2-10-7-13-14-12(10)6-11/h2-3,6-9H,4-5H2,1H3,(H,13,14). The van der Waals surface area contributed by atoms with Crippen LogP contribution in [0, 0.1) is 5.75 Å². The minimum absolute atomic E-state index is 0.499. The molecule has 1 unspecified atom stereocenters. The zero-order chi connectivity index (χ0) is 11.0. The molecule has 0 spiro atoms. The van der Waals surface area contributed by atoms with E-state index in [2.05, 4.69) is 46.0 Å². The molecule has 0 aliphatic carbocycles. The molecule has 1 saturated heterocycles. The predicted octanol–water partition coefficient (Wildman–Crippen LogP) is 2.67. The fourth-order valence-corrected chi connectivity index (χ4v) is 2.97. The molecular formula is C12H14N3S. The van der Waals surface area contributed by atoms with Gasteiger partial charge in [-0.25, -0.2) is 0 Å². The van der Waals surface area contributed by atoms with Crippen LogP contribution in [0.5, 0.6) is 0 Å². The van der Waals surface area contributed by atoms with Crippen molar-refractivity contribution in [3.63, 3.8) is 0 Å². The van der Waals surface area contributed by atoms with Gasteiger partial charge in [0.15, 0.2) is 0 Å². The summed E-state index contributed by atoms with van der Waals surface area (Å²) in [6.07, 6.45) is 1.86. The van der Waals surface area contributed by atoms with Gasteiger partial charge in [-0.2, -0.15) is 16.9 Å². The van der Waals surface area contributed by atoms with Gasteiger partial charge in [0.05, 0.1) is 11.7 Å². The molecule has 3 rings (SSSR count). The lowest BCUT2D eigenvalue weighted by Gasteiger charge is -2.34. The molecule has 1 aliphatic heterocycles. The Bertz CT molecular complexity index is 494. The number of nitrogens with one attached hydrogen (secondary N) is 1. The summed E-state index contributed by atoms with van der Waals surface area (Å²) in [7, 11) is 0. The van der Waals surface area contributed by atoms with Crippen molar-refractivity contribution >= 4 is 28.4 Å². The van der Waals surface area contributed by atoms with Crippen LogP contribution in [0.1, 0.15) is 6.92 Å². The van der Waals surface area contributed by atoms with Crippen LogP contribution < -0.4 is 4.90 Å². The second-order valence-electron chi connectivity index (χ2n) is 4.08. The number of hydrogen-bond acceptors (Lipinski definition) is 3. The largest absolute Gasteiger partial charge is 0.367 e. The second-order valence-corrected chi connectivity index (χ2v) is 5.10. The van der Waals surface area contributed by atoms with Gasteiger partial charge < -0.3 is 4.90 Å². The first-order valence-electron chi connectivity index (χ1n) is 5.49. The smallest absolute Gasteiger partial charge is 0.0670 e. The number of thioether (sulfide) groups is 1. The van der Waals surface area contributed by atoms with Gasteiger partial charge in [0.1, 0.15) is 0 Å². The van der Waals surface area contributed by atoms with Crippen LogP contribution in [-0.4, -0.2) is 28.5 Å². The Morgan fingerprint density at radius 1 is 1.50 bits per heavy atom. The Hall–Kier alpha value is -1.16. The van der Waals surface area contributed by atoms with Gasteiger partial charge in [-0.1, -0.05) is 0 Å². The van der Waals surface area contributed by atoms with E-state index in [9.17, 15) is 0 Å². The van der Waals surface area contributed by atoms with E-state index >= 15 is 0 Å². The maximum Gasteiger partial charge on any atom is 0.0670 e. The molecule has 0 saturated carbocycles. The summed E-state index contributed by atoms with van der Waals surface area (Å²) in [5.74, 6) is 3.48. The molecule has 1 fully saturated rings. The van der Waals surface area contributed by atoms with Gasteiger partial charge in [-0.15, -0.1) is 0 Å². The third-order valence-electron chi connectivity index (χ3n) is 2.99. The Kier molecular flexibility index (Phi) is 2.52. The van der Waals surface area contributed by atoms with E-state index in [1.807, 2.05) is 18.0 Å². The first kappa shape index (κ1) is 10.0. The molecule has 4 heteroatoms. The highest BCUT2D eigenvalue weighted by atomic mass is 32.2. The number of aromatic amines is 1. The van der Waals surface area contributed by atoms with Crippen molar-refractivity contribution in [3.8, 4) is 0 Å². The SMILES string of the molecule is CC1[CH]SCCN1c1ccc2cn[nH]c2c1. The zero-order valence-corrected chi connectivity index (χ0v) is 10.00. The van der Waals surface area contributed by atoms with E-state index in [0.717, 1.165) is 12.1 Å². The van der Waals surface area contributed by atoms with E-state index in [1.54, 1.807) is 0 Å². The summed E-state index contributed by atoms with van der Waals surface area (Å²) in [5, 5.41) is 8.25. The van der Waals surface area contributed by atoms with Crippen molar-refractivity contribution < 1.29 is 0 Å². The molecule has 83 valence electrons. The molecule has 1 aliphatic rings. The van der Waals surface area contributed by atoms with Crippen LogP contribution in [0.15, 0.2) is 24.4 Å². The van der Waals surface area contributed by atoms with Crippen LogP contribution in [-0.2, 0) is 0 Å². The zero-order valence-electron chi connectivity index (χ0n) is 9.18. The minimum Gasteiger partial charge on any atom is -0.367 e. The highest BCUT2D eigenvalue weighted by Crippen LogP contribution is 2.28. The van der Waals surface area contributed by atoms with Crippen LogP contribution in [0.25, 0.3) is 10.9 Å². The third-order valence-corrected chi connectivity index (χ3v) is 4.00. The number of anilines is 1. The number of rotatable bonds is 1. The first-order chi connectivity index (χ1) is 7.84. The molecule has 16 heavy (non-hydrogen) atoms. The lowest BCUT2D eigenvalue weighted by Crippen LogP contribution is -2.38. The maximum atomic E-state index is 4.05. The van der Waals surface area contributed by atoms with E-state index in [4.69, 9.17) is 0 Å². The first-order valence-corrected chi connectivity index (χ1v) is 6.54. The second kappa shape index (κ2) is 4.01. The summed E-state index contributed by atoms with van der Waals surface area (Å²) in [6.45, 7) is 3.35. The van der Waals surface area contributed by atoms with Gasteiger partial charge in [-0.05, 0) is 25.1 Å². The Morgan fingerprint density at radius 3 is 3.31 bits per heavy atom. The van der Waals surface area contributed by atoms with Crippen molar-refractivity contribution in [1.82, 2.24) is 10.2 Å². The van der Waals surface area contributed by atoms with E-state index in [0.29, 0.717) is 6.04 Å². The van der Waals surface area contributed by atoms with Crippen LogP contribution in [0.2, 0.25) is 0 Å². The fourth-order valence-electron chi connectivity index (χ4n) is 2.10. The molecule has 1 radical (unpaired) electrons. The molecule has 2 aromatic rings. The number of H-pyrrole nitrogens is 1. The van der Waals surface area contributed by atoms with Crippen molar-refractivity contribution in [1.29, 1.82) is 0 Å². The van der Waals surface area contributed by atoms with Crippen LogP contribution in [0.4, 0.5) is 5.69 Å². The predicted molar refractivity (Wildman–Crippen MR) is 69.7 cm³/mol. The highest BCUT2D eigenvalue weighted by Gasteiger charge is 2.19. The van der Waals surface area contributed by atoms with Crippen molar-refractivity contribution in [2.45, 2.75) is 13.0 Å². The normalized spacial score (nSPS) is 21.6. The third kappa shape index (κ3) is 1.67. The summed E-state index contributed by atoms with van der Waals surface area (Å²) in [5.41, 5.74) is 2.39. The molecule has 1 atom stereocenters. The molecule has 0 amide bonds. The molecule has 2 heterocycles. The monoisotopic (exact) mass is 232 g/mol. The minimum atomic E-state index is 0.499. The molecular weight excluding hydrogens is 218 g/mol. The quantitative estimate of drug-likeness (QED) is 0.820. The van der Waals surface area contributed by atoms with Gasteiger partial charge in [-0.3, -0.25) is 5.10 Å². The van der Waals surface area contributed by atoms with Crippen LogP contribution >= 0.6 is 11.8 Å². The van der Waals surface area contributed by atoms with Crippen molar-refractivity contribution in [2.24, 2.45) is 0 Å². The number of fused-ring (bicyclic) bond motifs is 1. The highest BCUT2D eigenvalue weighted by molar-refractivity contribution is 8.01. The van der Waals surface area contributed by atoms with Crippen LogP contribution in [0.3, 0.4) is 0 Å². The van der Waals surface area contributed by atoms with E-state index in [-0.39, 0.29) is 0 Å². The van der Waals surface area contributed by atoms with Crippen molar-refractivity contribution in [3.05, 3.63) is 30.1 Å². The topological polar surface area (TPSA) is 31.9 Å². The molecule has 0 bridgehead atoms. The van der Waals surface area contributed by atoms with Gasteiger partial charge in [0.25, 0.3) is 0 Å². The lowest BCUT2D eigenvalue weighted by molar-refractivity contribution is 0.738. The number of benzene rings is 1. The van der Waals surface area contributed by atoms with Crippen molar-refractivity contribution in [2.75, 3.05) is 17.2 Å². The molecule has 1 N–H and O–H groups in total. The molecule has 1 aromatic carbocycles. The van der Waals surface area contributed by atoms with E-state index in [1.165, 1.54) is 16.8 Å². The Balaban J connectivity index is 1.97. The molecule has 1 aromatic heterocycles. The van der Waals surface area contributed by atoms with E-state index < -0.39 is 0 Å². The number of aromatic nitrogens is 2. The van der Waals surface area contributed by atoms with Gasteiger partial charge in [0, 0.05) is 35.2 Å². The lowest BCUT2D eigenvalue weighted by atomic mass is 10.2. The molecule has 3 nitrogen and oxygen atoms in total. The number of nitrogens with zero attached hydrogens (tertiary/aromatic N) is 2. The Labute approximate surface area is 99.2 Å². The summed E-state index contributed by atoms with van der Waals surface area (Å²) in [4.78, 5) is 2.43. The fraction of sp³-hybridized carbons (Fsp3) is 0.333. The summed E-state index contributed by atoms with van der Waals surface area (Å²) >= 11 is 1.92. The Morgan fingerprint density at radius 2 is 2.44 bits per heavy atom. The number of hydrogen-bond donors (Lipinski definition) is 1. The summed E-state index contributed by atoms with van der Waals surface area (Å²) in [6, 6.07) is 6.99. The summed E-state index contributed by atoms with van der Waals surface area (Å²) < 4.78 is 0. The maximum absolute atomic E-state index is 4.05. The van der Waals surface area contributed by atoms with Gasteiger partial charge in [0.2, 0.25) is 0 Å².